The van der Waals surface area contributed by atoms with Gasteiger partial charge in [0.25, 0.3) is 0 Å². The average molecular weight is 433 g/mol. The maximum Gasteiger partial charge on any atom is 0.149 e. The number of para-hydroxylation sites is 2. The smallest absolute Gasteiger partial charge is 0.149 e. The van der Waals surface area contributed by atoms with Crippen molar-refractivity contribution < 1.29 is 5.79 Å². The molecule has 0 N–H and O–H groups in total. The first-order chi connectivity index (χ1) is 16.3. The maximum atomic E-state index is 8.42. The molecule has 0 atom stereocenters. The van der Waals surface area contributed by atoms with Gasteiger partial charge < -0.3 is 4.42 Å². The standard InChI is InChI=1S/C29H25N3O/c1-17(2)20-13-14-22-23-11-8-12-24(28(23)33-26(22)16-20)29-31-27-19(4)30-18(3)15-25(27)32(29)21-9-6-5-7-10-21/h5-17H,1-4H3/i17D. The van der Waals surface area contributed by atoms with Crippen molar-refractivity contribution in [2.75, 3.05) is 0 Å². The molecule has 6 aromatic rings. The molecule has 0 fully saturated rings. The van der Waals surface area contributed by atoms with Crippen LogP contribution in [0.4, 0.5) is 0 Å². The molecule has 0 unspecified atom stereocenters. The predicted molar refractivity (Wildman–Crippen MR) is 135 cm³/mol. The first-order valence-electron chi connectivity index (χ1n) is 11.7. The SMILES string of the molecule is [2H]C(C)(C)c1ccc2c(c1)oc1c(-c3nc4c(C)nc(C)cc4n3-c3ccccc3)cccc12. The van der Waals surface area contributed by atoms with Crippen molar-refractivity contribution in [1.29, 1.82) is 0 Å². The molecule has 0 spiro atoms. The Hall–Kier alpha value is -3.92. The van der Waals surface area contributed by atoms with Gasteiger partial charge in [-0.2, -0.15) is 0 Å². The Morgan fingerprint density at radius 1 is 0.879 bits per heavy atom. The molecule has 6 rings (SSSR count). The second-order valence-electron chi connectivity index (χ2n) is 8.82. The summed E-state index contributed by atoms with van der Waals surface area (Å²) >= 11 is 0. The lowest BCUT2D eigenvalue weighted by molar-refractivity contribution is 0.667. The van der Waals surface area contributed by atoms with Crippen molar-refractivity contribution in [2.24, 2.45) is 0 Å². The summed E-state index contributed by atoms with van der Waals surface area (Å²) < 4.78 is 17.1. The fourth-order valence-electron chi connectivity index (χ4n) is 4.68. The minimum atomic E-state index is -0.695. The zero-order valence-corrected chi connectivity index (χ0v) is 19.2. The fourth-order valence-corrected chi connectivity index (χ4v) is 4.68. The van der Waals surface area contributed by atoms with Gasteiger partial charge in [0.1, 0.15) is 22.5 Å². The summed E-state index contributed by atoms with van der Waals surface area (Å²) in [5, 5.41) is 2.08. The number of fused-ring (bicyclic) bond motifs is 4. The van der Waals surface area contributed by atoms with Crippen LogP contribution in [0, 0.1) is 13.8 Å². The van der Waals surface area contributed by atoms with E-state index in [-0.39, 0.29) is 0 Å². The molecule has 0 radical (unpaired) electrons. The Kier molecular flexibility index (Phi) is 4.13. The Morgan fingerprint density at radius 3 is 2.48 bits per heavy atom. The van der Waals surface area contributed by atoms with Crippen LogP contribution in [0.1, 0.15) is 38.1 Å². The highest BCUT2D eigenvalue weighted by Crippen LogP contribution is 2.38. The summed E-state index contributed by atoms with van der Waals surface area (Å²) in [4.78, 5) is 9.74. The number of imidazole rings is 1. The molecule has 0 bridgehead atoms. The van der Waals surface area contributed by atoms with E-state index in [9.17, 15) is 0 Å². The molecule has 0 saturated heterocycles. The summed E-state index contributed by atoms with van der Waals surface area (Å²) in [6.07, 6.45) is 0. The van der Waals surface area contributed by atoms with Gasteiger partial charge in [0.15, 0.2) is 0 Å². The number of benzene rings is 3. The van der Waals surface area contributed by atoms with Crippen LogP contribution in [0.3, 0.4) is 0 Å². The van der Waals surface area contributed by atoms with Gasteiger partial charge >= 0.3 is 0 Å². The molecule has 0 aliphatic heterocycles. The second kappa shape index (κ2) is 7.31. The molecule has 3 aromatic heterocycles. The van der Waals surface area contributed by atoms with Gasteiger partial charge in [0.2, 0.25) is 0 Å². The Balaban J connectivity index is 1.70. The Morgan fingerprint density at radius 2 is 1.70 bits per heavy atom. The van der Waals surface area contributed by atoms with Crippen LogP contribution in [0.2, 0.25) is 0 Å². The van der Waals surface area contributed by atoms with E-state index >= 15 is 0 Å². The average Bonchev–Trinajstić information content (AvgIpc) is 3.37. The second-order valence-corrected chi connectivity index (χ2v) is 8.82. The minimum Gasteiger partial charge on any atom is -0.455 e. The summed E-state index contributed by atoms with van der Waals surface area (Å²) in [6, 6.07) is 24.7. The molecule has 0 amide bonds. The lowest BCUT2D eigenvalue weighted by Gasteiger charge is -2.10. The number of rotatable bonds is 3. The van der Waals surface area contributed by atoms with E-state index in [1.54, 1.807) is 0 Å². The monoisotopic (exact) mass is 432 g/mol. The zero-order chi connectivity index (χ0) is 23.6. The molecular formula is C29H25N3O. The number of furan rings is 1. The van der Waals surface area contributed by atoms with Crippen molar-refractivity contribution in [3.05, 3.63) is 89.7 Å². The van der Waals surface area contributed by atoms with E-state index in [0.717, 1.165) is 67.0 Å². The third-order valence-corrected chi connectivity index (χ3v) is 6.28. The van der Waals surface area contributed by atoms with E-state index in [1.165, 1.54) is 0 Å². The van der Waals surface area contributed by atoms with Crippen LogP contribution < -0.4 is 0 Å². The number of pyridine rings is 1. The van der Waals surface area contributed by atoms with E-state index in [2.05, 4.69) is 52.0 Å². The van der Waals surface area contributed by atoms with Crippen LogP contribution in [-0.4, -0.2) is 14.5 Å². The van der Waals surface area contributed by atoms with Gasteiger partial charge in [0, 0.05) is 23.5 Å². The van der Waals surface area contributed by atoms with Crippen molar-refractivity contribution in [3.8, 4) is 17.1 Å². The number of nitrogens with zero attached hydrogens (tertiary/aromatic N) is 3. The minimum absolute atomic E-state index is 0.695. The van der Waals surface area contributed by atoms with Crippen molar-refractivity contribution >= 4 is 33.0 Å². The zero-order valence-electron chi connectivity index (χ0n) is 20.2. The molecule has 162 valence electrons. The van der Waals surface area contributed by atoms with Crippen LogP contribution >= 0.6 is 0 Å². The van der Waals surface area contributed by atoms with Crippen LogP contribution in [-0.2, 0) is 0 Å². The van der Waals surface area contributed by atoms with E-state index < -0.39 is 5.89 Å². The highest BCUT2D eigenvalue weighted by Gasteiger charge is 2.21. The van der Waals surface area contributed by atoms with Gasteiger partial charge in [-0.25, -0.2) is 4.98 Å². The Labute approximate surface area is 193 Å². The first kappa shape index (κ1) is 18.6. The number of aryl methyl sites for hydroxylation is 2. The van der Waals surface area contributed by atoms with E-state index in [4.69, 9.17) is 10.8 Å². The summed E-state index contributed by atoms with van der Waals surface area (Å²) in [6.45, 7) is 7.80. The summed E-state index contributed by atoms with van der Waals surface area (Å²) in [7, 11) is 0. The fraction of sp³-hybridized carbons (Fsp3) is 0.172. The van der Waals surface area contributed by atoms with Gasteiger partial charge in [0.05, 0.1) is 16.8 Å². The van der Waals surface area contributed by atoms with Gasteiger partial charge in [-0.1, -0.05) is 56.3 Å². The van der Waals surface area contributed by atoms with Crippen molar-refractivity contribution in [2.45, 2.75) is 33.6 Å². The van der Waals surface area contributed by atoms with Crippen LogP contribution in [0.5, 0.6) is 0 Å². The summed E-state index contributed by atoms with van der Waals surface area (Å²) in [5.74, 6) is 0.127. The van der Waals surface area contributed by atoms with Gasteiger partial charge in [-0.05, 0) is 55.6 Å². The molecule has 4 heteroatoms. The first-order valence-corrected chi connectivity index (χ1v) is 11.2. The highest BCUT2D eigenvalue weighted by molar-refractivity contribution is 6.09. The lowest BCUT2D eigenvalue weighted by Crippen LogP contribution is -1.98. The Bertz CT molecular complexity index is 1710. The van der Waals surface area contributed by atoms with Crippen LogP contribution in [0.25, 0.3) is 50.0 Å². The molecule has 3 heterocycles. The molecule has 0 aliphatic rings. The molecule has 0 aliphatic carbocycles. The molecule has 4 nitrogen and oxygen atoms in total. The third kappa shape index (κ3) is 3.05. The highest BCUT2D eigenvalue weighted by atomic mass is 16.3. The van der Waals surface area contributed by atoms with E-state index in [1.807, 2.05) is 58.0 Å². The number of hydrogen-bond donors (Lipinski definition) is 0. The number of hydrogen-bond acceptors (Lipinski definition) is 3. The third-order valence-electron chi connectivity index (χ3n) is 6.28. The lowest BCUT2D eigenvalue weighted by atomic mass is 10.0. The van der Waals surface area contributed by atoms with Crippen molar-refractivity contribution in [1.82, 2.24) is 14.5 Å². The maximum absolute atomic E-state index is 8.42. The summed E-state index contributed by atoms with van der Waals surface area (Å²) in [5.41, 5.74) is 8.26. The number of aromatic nitrogens is 3. The topological polar surface area (TPSA) is 43.9 Å². The van der Waals surface area contributed by atoms with Crippen LogP contribution in [0.15, 0.2) is 77.2 Å². The van der Waals surface area contributed by atoms with Crippen molar-refractivity contribution in [3.63, 3.8) is 0 Å². The molecular weight excluding hydrogens is 406 g/mol. The molecule has 33 heavy (non-hydrogen) atoms. The van der Waals surface area contributed by atoms with E-state index in [0.29, 0.717) is 0 Å². The van der Waals surface area contributed by atoms with Gasteiger partial charge in [-0.15, -0.1) is 0 Å². The van der Waals surface area contributed by atoms with Gasteiger partial charge in [-0.3, -0.25) is 9.55 Å². The molecule has 3 aromatic carbocycles. The quantitative estimate of drug-likeness (QED) is 0.287. The largest absolute Gasteiger partial charge is 0.455 e. The predicted octanol–water partition coefficient (Wildman–Crippen LogP) is 7.73. The normalized spacial score (nSPS) is 12.7. The molecule has 0 saturated carbocycles.